The molecule has 2 amide bonds. The third-order valence-corrected chi connectivity index (χ3v) is 8.00. The molecule has 0 N–H and O–H groups in total. The highest BCUT2D eigenvalue weighted by molar-refractivity contribution is 7.88. The predicted molar refractivity (Wildman–Crippen MR) is 120 cm³/mol. The molecule has 0 aliphatic carbocycles. The van der Waals surface area contributed by atoms with Crippen LogP contribution in [0.1, 0.15) is 43.4 Å². The maximum atomic E-state index is 13.5. The molecule has 32 heavy (non-hydrogen) atoms. The van der Waals surface area contributed by atoms with Gasteiger partial charge in [0.15, 0.2) is 0 Å². The quantitative estimate of drug-likeness (QED) is 0.563. The molecule has 0 radical (unpaired) electrons. The monoisotopic (exact) mass is 446 g/mol. The number of amides is 2. The van der Waals surface area contributed by atoms with Gasteiger partial charge >= 0.3 is 0 Å². The molecular formula is C25H22N2O4S. The maximum absolute atomic E-state index is 13.5. The fourth-order valence-corrected chi connectivity index (χ4v) is 6.31. The third kappa shape index (κ3) is 3.53. The summed E-state index contributed by atoms with van der Waals surface area (Å²) in [6.07, 6.45) is 0.586. The molecule has 3 aromatic carbocycles. The molecule has 162 valence electrons. The van der Waals surface area contributed by atoms with Crippen LogP contribution in [0.2, 0.25) is 0 Å². The molecule has 3 aromatic rings. The Bertz CT molecular complexity index is 1270. The Balaban J connectivity index is 1.51. The van der Waals surface area contributed by atoms with E-state index in [-0.39, 0.29) is 24.1 Å². The van der Waals surface area contributed by atoms with Gasteiger partial charge in [-0.2, -0.15) is 4.31 Å². The molecule has 0 saturated heterocycles. The third-order valence-electron chi connectivity index (χ3n) is 6.15. The Morgan fingerprint density at radius 3 is 2.06 bits per heavy atom. The number of hydrogen-bond acceptors (Lipinski definition) is 4. The molecule has 0 aromatic heterocycles. The summed E-state index contributed by atoms with van der Waals surface area (Å²) in [5.41, 5.74) is 3.30. The Morgan fingerprint density at radius 1 is 0.781 bits per heavy atom. The largest absolute Gasteiger partial charge is 0.272 e. The molecule has 0 spiro atoms. The zero-order valence-corrected chi connectivity index (χ0v) is 18.2. The van der Waals surface area contributed by atoms with Crippen molar-refractivity contribution in [2.75, 3.05) is 13.1 Å². The van der Waals surface area contributed by atoms with Crippen LogP contribution in [0.25, 0.3) is 0 Å². The summed E-state index contributed by atoms with van der Waals surface area (Å²) in [5, 5.41) is 0. The van der Waals surface area contributed by atoms with Gasteiger partial charge in [0, 0.05) is 6.54 Å². The van der Waals surface area contributed by atoms with Gasteiger partial charge in [-0.25, -0.2) is 8.42 Å². The Labute approximate surface area is 187 Å². The van der Waals surface area contributed by atoms with E-state index in [0.717, 1.165) is 11.1 Å². The smallest absolute Gasteiger partial charge is 0.261 e. The fourth-order valence-electron chi connectivity index (χ4n) is 4.60. The van der Waals surface area contributed by atoms with E-state index in [0.29, 0.717) is 29.7 Å². The van der Waals surface area contributed by atoms with E-state index in [9.17, 15) is 18.0 Å². The highest BCUT2D eigenvalue weighted by Crippen LogP contribution is 2.35. The van der Waals surface area contributed by atoms with Gasteiger partial charge < -0.3 is 0 Å². The fraction of sp³-hybridized carbons (Fsp3) is 0.200. The Hall–Kier alpha value is -3.29. The van der Waals surface area contributed by atoms with Crippen LogP contribution in [0.4, 0.5) is 0 Å². The van der Waals surface area contributed by atoms with Crippen LogP contribution in [0, 0.1) is 0 Å². The zero-order chi connectivity index (χ0) is 22.3. The number of imide groups is 1. The first-order valence-corrected chi connectivity index (χ1v) is 12.1. The van der Waals surface area contributed by atoms with Crippen molar-refractivity contribution in [1.29, 1.82) is 0 Å². The van der Waals surface area contributed by atoms with Crippen molar-refractivity contribution in [3.8, 4) is 0 Å². The van der Waals surface area contributed by atoms with E-state index in [1.807, 2.05) is 42.5 Å². The molecular weight excluding hydrogens is 424 g/mol. The number of carbonyl (C=O) groups is 2. The standard InChI is InChI=1S/C25H22N2O4S/c28-24-21-12-6-7-13-22(21)25(29)26(24)16-23-20-11-5-4-10-19(20)14-15-27(23)32(30,31)17-18-8-2-1-3-9-18/h1-13,23H,14-17H2. The molecule has 2 aliphatic heterocycles. The van der Waals surface area contributed by atoms with Gasteiger partial charge in [0.1, 0.15) is 0 Å². The minimum absolute atomic E-state index is 0.0165. The number of benzene rings is 3. The second-order valence-electron chi connectivity index (χ2n) is 8.08. The van der Waals surface area contributed by atoms with Crippen LogP contribution in [0.5, 0.6) is 0 Å². The number of carbonyl (C=O) groups excluding carboxylic acids is 2. The highest BCUT2D eigenvalue weighted by Gasteiger charge is 2.42. The summed E-state index contributed by atoms with van der Waals surface area (Å²) in [7, 11) is -3.69. The Kier molecular flexibility index (Phi) is 5.15. The lowest BCUT2D eigenvalue weighted by Crippen LogP contribution is -2.46. The number of fused-ring (bicyclic) bond motifs is 2. The summed E-state index contributed by atoms with van der Waals surface area (Å²) in [5.74, 6) is -0.891. The first kappa shape index (κ1) is 20.6. The summed E-state index contributed by atoms with van der Waals surface area (Å²) in [6.45, 7) is 0.289. The van der Waals surface area contributed by atoms with Crippen molar-refractivity contribution in [3.63, 3.8) is 0 Å². The molecule has 1 atom stereocenters. The van der Waals surface area contributed by atoms with Gasteiger partial charge in [0.05, 0.1) is 29.5 Å². The minimum atomic E-state index is -3.69. The van der Waals surface area contributed by atoms with E-state index < -0.39 is 16.1 Å². The summed E-state index contributed by atoms with van der Waals surface area (Å²) < 4.78 is 28.4. The number of nitrogens with zero attached hydrogens (tertiary/aromatic N) is 2. The van der Waals surface area contributed by atoms with Crippen LogP contribution >= 0.6 is 0 Å². The van der Waals surface area contributed by atoms with Crippen LogP contribution in [-0.4, -0.2) is 42.5 Å². The van der Waals surface area contributed by atoms with E-state index in [1.54, 1.807) is 36.4 Å². The van der Waals surface area contributed by atoms with Crippen LogP contribution in [0.15, 0.2) is 78.9 Å². The van der Waals surface area contributed by atoms with Crippen molar-refractivity contribution in [3.05, 3.63) is 107 Å². The first-order valence-electron chi connectivity index (χ1n) is 10.5. The average molecular weight is 447 g/mol. The lowest BCUT2D eigenvalue weighted by Gasteiger charge is -2.38. The predicted octanol–water partition coefficient (Wildman–Crippen LogP) is 3.41. The topological polar surface area (TPSA) is 74.8 Å². The molecule has 5 rings (SSSR count). The van der Waals surface area contributed by atoms with Gasteiger partial charge in [0.25, 0.3) is 11.8 Å². The van der Waals surface area contributed by atoms with E-state index in [2.05, 4.69) is 0 Å². The van der Waals surface area contributed by atoms with E-state index in [1.165, 1.54) is 9.21 Å². The highest BCUT2D eigenvalue weighted by atomic mass is 32.2. The molecule has 0 bridgehead atoms. The van der Waals surface area contributed by atoms with Crippen molar-refractivity contribution in [2.24, 2.45) is 0 Å². The molecule has 6 nitrogen and oxygen atoms in total. The molecule has 7 heteroatoms. The lowest BCUT2D eigenvalue weighted by atomic mass is 9.94. The normalized spacial score (nSPS) is 18.5. The summed E-state index contributed by atoms with van der Waals surface area (Å²) in [4.78, 5) is 27.1. The molecule has 2 aliphatic rings. The molecule has 2 heterocycles. The van der Waals surface area contributed by atoms with Crippen LogP contribution < -0.4 is 0 Å². The molecule has 0 saturated carbocycles. The average Bonchev–Trinajstić information content (AvgIpc) is 3.04. The zero-order valence-electron chi connectivity index (χ0n) is 17.3. The van der Waals surface area contributed by atoms with E-state index >= 15 is 0 Å². The lowest BCUT2D eigenvalue weighted by molar-refractivity contribution is 0.0616. The van der Waals surface area contributed by atoms with Crippen molar-refractivity contribution in [1.82, 2.24) is 9.21 Å². The van der Waals surface area contributed by atoms with Crippen LogP contribution in [-0.2, 0) is 22.2 Å². The summed E-state index contributed by atoms with van der Waals surface area (Å²) >= 11 is 0. The Morgan fingerprint density at radius 2 is 1.38 bits per heavy atom. The van der Waals surface area contributed by atoms with Crippen molar-refractivity contribution in [2.45, 2.75) is 18.2 Å². The van der Waals surface area contributed by atoms with Gasteiger partial charge in [0.2, 0.25) is 10.0 Å². The number of hydrogen-bond donors (Lipinski definition) is 0. The van der Waals surface area contributed by atoms with E-state index in [4.69, 9.17) is 0 Å². The molecule has 0 fully saturated rings. The van der Waals surface area contributed by atoms with Crippen molar-refractivity contribution >= 4 is 21.8 Å². The number of sulfonamides is 1. The first-order chi connectivity index (χ1) is 15.5. The van der Waals surface area contributed by atoms with Gasteiger partial charge in [-0.3, -0.25) is 14.5 Å². The SMILES string of the molecule is O=C1c2ccccc2C(=O)N1CC1c2ccccc2CCN1S(=O)(=O)Cc1ccccc1. The van der Waals surface area contributed by atoms with Gasteiger partial charge in [-0.05, 0) is 35.2 Å². The number of rotatable bonds is 5. The second kappa shape index (κ2) is 8.00. The summed E-state index contributed by atoms with van der Waals surface area (Å²) in [6, 6.07) is 22.8. The van der Waals surface area contributed by atoms with Crippen molar-refractivity contribution < 1.29 is 18.0 Å². The second-order valence-corrected chi connectivity index (χ2v) is 10.0. The minimum Gasteiger partial charge on any atom is -0.272 e. The van der Waals surface area contributed by atoms with Crippen LogP contribution in [0.3, 0.4) is 0 Å². The van der Waals surface area contributed by atoms with Gasteiger partial charge in [-0.15, -0.1) is 0 Å². The van der Waals surface area contributed by atoms with Gasteiger partial charge in [-0.1, -0.05) is 66.7 Å². The molecule has 1 unspecified atom stereocenters. The maximum Gasteiger partial charge on any atom is 0.261 e.